The summed E-state index contributed by atoms with van der Waals surface area (Å²) in [6.45, 7) is 9.23. The van der Waals surface area contributed by atoms with Crippen LogP contribution in [0.15, 0.2) is 47.4 Å². The van der Waals surface area contributed by atoms with Crippen molar-refractivity contribution in [2.75, 3.05) is 32.8 Å². The van der Waals surface area contributed by atoms with E-state index in [2.05, 4.69) is 40.8 Å². The summed E-state index contributed by atoms with van der Waals surface area (Å²) in [5, 5.41) is 0. The molecule has 1 N–H and O–H groups in total. The summed E-state index contributed by atoms with van der Waals surface area (Å²) in [5.74, 6) is 0. The van der Waals surface area contributed by atoms with Gasteiger partial charge in [-0.05, 0) is 49.6 Å². The minimum Gasteiger partial charge on any atom is -0.379 e. The lowest BCUT2D eigenvalue weighted by atomic mass is 10.0. The Balaban J connectivity index is 1.80. The summed E-state index contributed by atoms with van der Waals surface area (Å²) < 4.78 is 33.9. The molecule has 146 valence electrons. The predicted octanol–water partition coefficient (Wildman–Crippen LogP) is 2.96. The Kier molecular flexibility index (Phi) is 6.32. The zero-order valence-corrected chi connectivity index (χ0v) is 17.1. The summed E-state index contributed by atoms with van der Waals surface area (Å²) in [7, 11) is -3.56. The van der Waals surface area contributed by atoms with E-state index in [1.165, 1.54) is 5.56 Å². The van der Waals surface area contributed by atoms with Gasteiger partial charge in [0.1, 0.15) is 0 Å². The Bertz CT molecular complexity index is 873. The van der Waals surface area contributed by atoms with Crippen LogP contribution >= 0.6 is 0 Å². The van der Waals surface area contributed by atoms with E-state index >= 15 is 0 Å². The largest absolute Gasteiger partial charge is 0.379 e. The lowest BCUT2D eigenvalue weighted by molar-refractivity contribution is 0.0172. The number of nitrogens with zero attached hydrogens (tertiary/aromatic N) is 1. The average molecular weight is 389 g/mol. The van der Waals surface area contributed by atoms with Crippen molar-refractivity contribution in [3.63, 3.8) is 0 Å². The van der Waals surface area contributed by atoms with Crippen molar-refractivity contribution in [1.82, 2.24) is 9.62 Å². The van der Waals surface area contributed by atoms with Gasteiger partial charge in [0.15, 0.2) is 0 Å². The van der Waals surface area contributed by atoms with Crippen molar-refractivity contribution in [2.45, 2.75) is 31.7 Å². The van der Waals surface area contributed by atoms with Crippen LogP contribution in [0.1, 0.15) is 28.3 Å². The second-order valence-corrected chi connectivity index (χ2v) is 8.94. The lowest BCUT2D eigenvalue weighted by Crippen LogP contribution is -2.43. The Labute approximate surface area is 162 Å². The fraction of sp³-hybridized carbons (Fsp3) is 0.429. The highest BCUT2D eigenvalue weighted by Gasteiger charge is 2.25. The van der Waals surface area contributed by atoms with Crippen LogP contribution in [0.3, 0.4) is 0 Å². The minimum absolute atomic E-state index is 0.0178. The van der Waals surface area contributed by atoms with Crippen LogP contribution in [0, 0.1) is 20.8 Å². The van der Waals surface area contributed by atoms with E-state index in [9.17, 15) is 8.42 Å². The zero-order valence-electron chi connectivity index (χ0n) is 16.2. The molecule has 1 aliphatic rings. The first-order valence-electron chi connectivity index (χ1n) is 9.32. The Morgan fingerprint density at radius 3 is 2.30 bits per heavy atom. The minimum atomic E-state index is -3.56. The third kappa shape index (κ3) is 4.96. The third-order valence-corrected chi connectivity index (χ3v) is 6.63. The molecule has 1 saturated heterocycles. The van der Waals surface area contributed by atoms with Gasteiger partial charge in [-0.2, -0.15) is 0 Å². The molecule has 1 heterocycles. The van der Waals surface area contributed by atoms with Crippen LogP contribution < -0.4 is 4.72 Å². The van der Waals surface area contributed by atoms with Crippen LogP contribution in [-0.2, 0) is 14.8 Å². The number of morpholine rings is 1. The molecule has 0 aliphatic carbocycles. The standard InChI is InChI=1S/C21H28N2O3S/c1-16-4-7-19(8-5-16)21(23-10-12-26-13-11-23)15-22-27(24,25)20-9-6-17(2)18(3)14-20/h4-9,14,21-22H,10-13,15H2,1-3H3. The lowest BCUT2D eigenvalue weighted by Gasteiger charge is -2.35. The van der Waals surface area contributed by atoms with E-state index in [1.807, 2.05) is 19.9 Å². The monoisotopic (exact) mass is 388 g/mol. The molecule has 2 aromatic carbocycles. The third-order valence-electron chi connectivity index (χ3n) is 5.20. The Hall–Kier alpha value is -1.73. The van der Waals surface area contributed by atoms with Crippen LogP contribution in [-0.4, -0.2) is 46.2 Å². The number of ether oxygens (including phenoxy) is 1. The number of benzene rings is 2. The molecule has 0 aromatic heterocycles. The molecular formula is C21H28N2O3S. The highest BCUT2D eigenvalue weighted by molar-refractivity contribution is 7.89. The van der Waals surface area contributed by atoms with Gasteiger partial charge in [0.05, 0.1) is 18.1 Å². The maximum atomic E-state index is 12.8. The molecule has 27 heavy (non-hydrogen) atoms. The number of sulfonamides is 1. The molecule has 1 fully saturated rings. The predicted molar refractivity (Wildman–Crippen MR) is 107 cm³/mol. The molecule has 1 aliphatic heterocycles. The summed E-state index contributed by atoms with van der Waals surface area (Å²) in [6.07, 6.45) is 0. The first-order chi connectivity index (χ1) is 12.9. The first kappa shape index (κ1) is 20.0. The second kappa shape index (κ2) is 8.52. The molecule has 0 bridgehead atoms. The van der Waals surface area contributed by atoms with Gasteiger partial charge in [-0.3, -0.25) is 4.90 Å². The highest BCUT2D eigenvalue weighted by Crippen LogP contribution is 2.23. The van der Waals surface area contributed by atoms with E-state index in [0.717, 1.165) is 29.8 Å². The molecule has 0 amide bonds. The van der Waals surface area contributed by atoms with Gasteiger partial charge >= 0.3 is 0 Å². The molecule has 6 heteroatoms. The number of hydrogen-bond acceptors (Lipinski definition) is 4. The number of hydrogen-bond donors (Lipinski definition) is 1. The van der Waals surface area contributed by atoms with Gasteiger partial charge in [-0.15, -0.1) is 0 Å². The van der Waals surface area contributed by atoms with Crippen LogP contribution in [0.25, 0.3) is 0 Å². The number of aryl methyl sites for hydroxylation is 3. The van der Waals surface area contributed by atoms with Gasteiger partial charge in [0.2, 0.25) is 10.0 Å². The van der Waals surface area contributed by atoms with E-state index in [0.29, 0.717) is 24.7 Å². The average Bonchev–Trinajstić information content (AvgIpc) is 2.66. The van der Waals surface area contributed by atoms with Gasteiger partial charge in [-0.1, -0.05) is 35.9 Å². The molecule has 5 nitrogen and oxygen atoms in total. The molecule has 0 radical (unpaired) electrons. The fourth-order valence-electron chi connectivity index (χ4n) is 3.29. The van der Waals surface area contributed by atoms with Crippen molar-refractivity contribution in [3.05, 3.63) is 64.7 Å². The second-order valence-electron chi connectivity index (χ2n) is 7.17. The van der Waals surface area contributed by atoms with Crippen molar-refractivity contribution in [1.29, 1.82) is 0 Å². The van der Waals surface area contributed by atoms with Gasteiger partial charge in [0, 0.05) is 25.7 Å². The molecule has 3 rings (SSSR count). The van der Waals surface area contributed by atoms with Crippen LogP contribution in [0.4, 0.5) is 0 Å². The SMILES string of the molecule is Cc1ccc(C(CNS(=O)(=O)c2ccc(C)c(C)c2)N2CCOCC2)cc1. The van der Waals surface area contributed by atoms with Crippen molar-refractivity contribution in [2.24, 2.45) is 0 Å². The first-order valence-corrected chi connectivity index (χ1v) is 10.8. The van der Waals surface area contributed by atoms with Crippen molar-refractivity contribution in [3.8, 4) is 0 Å². The zero-order chi connectivity index (χ0) is 19.4. The Morgan fingerprint density at radius 2 is 1.67 bits per heavy atom. The maximum absolute atomic E-state index is 12.8. The van der Waals surface area contributed by atoms with E-state index in [1.54, 1.807) is 12.1 Å². The summed E-state index contributed by atoms with van der Waals surface area (Å²) in [4.78, 5) is 2.60. The molecular weight excluding hydrogens is 360 g/mol. The Morgan fingerprint density at radius 1 is 1.00 bits per heavy atom. The summed E-state index contributed by atoms with van der Waals surface area (Å²) in [5.41, 5.74) is 4.36. The van der Waals surface area contributed by atoms with E-state index < -0.39 is 10.0 Å². The van der Waals surface area contributed by atoms with Crippen LogP contribution in [0.2, 0.25) is 0 Å². The van der Waals surface area contributed by atoms with Crippen LogP contribution in [0.5, 0.6) is 0 Å². The van der Waals surface area contributed by atoms with Crippen molar-refractivity contribution < 1.29 is 13.2 Å². The molecule has 0 spiro atoms. The normalized spacial score (nSPS) is 17.0. The maximum Gasteiger partial charge on any atom is 0.240 e. The summed E-state index contributed by atoms with van der Waals surface area (Å²) in [6, 6.07) is 13.5. The highest BCUT2D eigenvalue weighted by atomic mass is 32.2. The molecule has 0 saturated carbocycles. The molecule has 1 atom stereocenters. The van der Waals surface area contributed by atoms with Gasteiger partial charge < -0.3 is 4.74 Å². The van der Waals surface area contributed by atoms with Crippen molar-refractivity contribution >= 4 is 10.0 Å². The number of rotatable bonds is 6. The van der Waals surface area contributed by atoms with Gasteiger partial charge in [0.25, 0.3) is 0 Å². The summed E-state index contributed by atoms with van der Waals surface area (Å²) >= 11 is 0. The fourth-order valence-corrected chi connectivity index (χ4v) is 4.41. The van der Waals surface area contributed by atoms with E-state index in [4.69, 9.17) is 4.74 Å². The van der Waals surface area contributed by atoms with E-state index in [-0.39, 0.29) is 6.04 Å². The number of nitrogens with one attached hydrogen (secondary N) is 1. The van der Waals surface area contributed by atoms with Gasteiger partial charge in [-0.25, -0.2) is 13.1 Å². The smallest absolute Gasteiger partial charge is 0.240 e. The quantitative estimate of drug-likeness (QED) is 0.827. The topological polar surface area (TPSA) is 58.6 Å². The molecule has 1 unspecified atom stereocenters. The molecule has 2 aromatic rings.